The van der Waals surface area contributed by atoms with E-state index in [9.17, 15) is 0 Å². The van der Waals surface area contributed by atoms with Crippen LogP contribution in [0.5, 0.6) is 0 Å². The highest BCUT2D eigenvalue weighted by molar-refractivity contribution is 5.83. The highest BCUT2D eigenvalue weighted by Crippen LogP contribution is 2.33. The molecule has 7 nitrogen and oxygen atoms in total. The van der Waals surface area contributed by atoms with Crippen LogP contribution >= 0.6 is 0 Å². The van der Waals surface area contributed by atoms with Gasteiger partial charge in [0.1, 0.15) is 22.4 Å². The molecule has 4 heterocycles. The monoisotopic (exact) mass is 658 g/mol. The zero-order valence-electron chi connectivity index (χ0n) is 27.0. The molecule has 4 aromatic heterocycles. The lowest BCUT2D eigenvalue weighted by Gasteiger charge is -2.10. The molecule has 0 fully saturated rings. The lowest BCUT2D eigenvalue weighted by Crippen LogP contribution is -1.96. The topological polar surface area (TPSA) is 91.0 Å². The van der Waals surface area contributed by atoms with Gasteiger partial charge in [-0.2, -0.15) is 0 Å². The number of rotatable bonds is 6. The molecule has 0 unspecified atom stereocenters. The van der Waals surface area contributed by atoms with E-state index in [4.69, 9.17) is 23.2 Å². The Morgan fingerprint density at radius 2 is 0.784 bits per heavy atom. The predicted octanol–water partition coefficient (Wildman–Crippen LogP) is 11.5. The van der Waals surface area contributed by atoms with Gasteiger partial charge in [-0.25, -0.2) is 19.9 Å². The maximum atomic E-state index is 6.12. The number of para-hydroxylation sites is 5. The minimum absolute atomic E-state index is 0.579. The first-order valence-corrected chi connectivity index (χ1v) is 16.6. The number of furan rings is 1. The third-order valence-electron chi connectivity index (χ3n) is 9.02. The van der Waals surface area contributed by atoms with Crippen molar-refractivity contribution in [1.82, 2.24) is 19.9 Å². The van der Waals surface area contributed by atoms with Crippen molar-refractivity contribution in [2.45, 2.75) is 0 Å². The van der Waals surface area contributed by atoms with Gasteiger partial charge in [0, 0.05) is 38.8 Å². The molecule has 10 rings (SSSR count). The fourth-order valence-electron chi connectivity index (χ4n) is 6.34. The van der Waals surface area contributed by atoms with Crippen molar-refractivity contribution in [3.05, 3.63) is 158 Å². The normalized spacial score (nSPS) is 11.5. The molecule has 10 aromatic rings. The summed E-state index contributed by atoms with van der Waals surface area (Å²) in [6, 6.07) is 52.1. The first kappa shape index (κ1) is 28.9. The van der Waals surface area contributed by atoms with Crippen molar-refractivity contribution in [2.75, 3.05) is 0 Å². The second-order valence-corrected chi connectivity index (χ2v) is 12.3. The molecule has 51 heavy (non-hydrogen) atoms. The predicted molar refractivity (Wildman–Crippen MR) is 200 cm³/mol. The van der Waals surface area contributed by atoms with E-state index >= 15 is 0 Å². The van der Waals surface area contributed by atoms with Crippen molar-refractivity contribution in [1.29, 1.82) is 0 Å². The highest BCUT2D eigenvalue weighted by Gasteiger charge is 2.15. The van der Waals surface area contributed by atoms with Crippen LogP contribution in [0.2, 0.25) is 0 Å². The second-order valence-electron chi connectivity index (χ2n) is 12.3. The summed E-state index contributed by atoms with van der Waals surface area (Å²) in [6.07, 6.45) is 0. The van der Waals surface area contributed by atoms with Gasteiger partial charge >= 0.3 is 0 Å². The Morgan fingerprint density at radius 3 is 1.31 bits per heavy atom. The van der Waals surface area contributed by atoms with E-state index in [2.05, 4.69) is 22.1 Å². The lowest BCUT2D eigenvalue weighted by atomic mass is 10.0. The smallest absolute Gasteiger partial charge is 0.227 e. The Hall–Kier alpha value is -7.12. The van der Waals surface area contributed by atoms with E-state index in [1.165, 1.54) is 0 Å². The number of oxazole rings is 2. The van der Waals surface area contributed by atoms with Crippen molar-refractivity contribution in [3.8, 4) is 68.1 Å². The van der Waals surface area contributed by atoms with Crippen LogP contribution < -0.4 is 0 Å². The van der Waals surface area contributed by atoms with E-state index in [0.717, 1.165) is 83.7 Å². The Bertz CT molecular complexity index is 2420. The maximum Gasteiger partial charge on any atom is 0.227 e. The minimum Gasteiger partial charge on any atom is -0.456 e. The molecule has 0 radical (unpaired) electrons. The van der Waals surface area contributed by atoms with Crippen molar-refractivity contribution in [3.63, 3.8) is 0 Å². The number of hydrogen-bond donors (Lipinski definition) is 0. The molecule has 0 bridgehead atoms. The number of aromatic nitrogens is 4. The minimum atomic E-state index is 0.579. The average molecular weight is 659 g/mol. The molecule has 0 aliphatic carbocycles. The van der Waals surface area contributed by atoms with E-state index in [1.807, 2.05) is 146 Å². The number of benzene rings is 6. The summed E-state index contributed by atoms with van der Waals surface area (Å²) in [4.78, 5) is 19.5. The molecule has 0 amide bonds. The summed E-state index contributed by atoms with van der Waals surface area (Å²) in [5, 5.41) is 1.07. The molecule has 240 valence electrons. The van der Waals surface area contributed by atoms with Crippen LogP contribution in [0.25, 0.3) is 101 Å². The Morgan fingerprint density at radius 1 is 0.333 bits per heavy atom. The second kappa shape index (κ2) is 11.8. The summed E-state index contributed by atoms with van der Waals surface area (Å²) in [5.41, 5.74) is 11.2. The van der Waals surface area contributed by atoms with Gasteiger partial charge in [-0.3, -0.25) is 0 Å². The maximum absolute atomic E-state index is 6.12. The Balaban J connectivity index is 1.03. The van der Waals surface area contributed by atoms with Gasteiger partial charge in [-0.1, -0.05) is 91.0 Å². The third-order valence-corrected chi connectivity index (χ3v) is 9.02. The van der Waals surface area contributed by atoms with E-state index in [1.54, 1.807) is 0 Å². The summed E-state index contributed by atoms with van der Waals surface area (Å²) < 4.78 is 18.1. The van der Waals surface area contributed by atoms with E-state index < -0.39 is 0 Å². The molecule has 6 aromatic carbocycles. The molecule has 0 spiro atoms. The van der Waals surface area contributed by atoms with Gasteiger partial charge in [0.25, 0.3) is 0 Å². The van der Waals surface area contributed by atoms with Gasteiger partial charge in [0.15, 0.2) is 17.0 Å². The first-order chi connectivity index (χ1) is 25.2. The molecule has 0 saturated carbocycles. The van der Waals surface area contributed by atoms with Crippen LogP contribution in [0.15, 0.2) is 171 Å². The van der Waals surface area contributed by atoms with Gasteiger partial charge in [-0.15, -0.1) is 0 Å². The van der Waals surface area contributed by atoms with Crippen LogP contribution in [0.4, 0.5) is 0 Å². The fraction of sp³-hybridized carbons (Fsp3) is 0. The van der Waals surface area contributed by atoms with Crippen LogP contribution in [0.3, 0.4) is 0 Å². The highest BCUT2D eigenvalue weighted by atomic mass is 16.4. The summed E-state index contributed by atoms with van der Waals surface area (Å²) in [7, 11) is 0. The SMILES string of the molecule is c1ccc2oc(-c3ccc(-c4nc(-c5ccc(-c6nc7ccccc7o6)cc5)cc(-c5ccc(-c6nc7ccccc7o6)cc5)n4)cc3)cc2c1. The summed E-state index contributed by atoms with van der Waals surface area (Å²) in [6.45, 7) is 0. The van der Waals surface area contributed by atoms with Crippen molar-refractivity contribution < 1.29 is 13.3 Å². The molecule has 0 aliphatic heterocycles. The van der Waals surface area contributed by atoms with Gasteiger partial charge < -0.3 is 13.3 Å². The molecular formula is C44H26N4O3. The van der Waals surface area contributed by atoms with Crippen LogP contribution in [0, 0.1) is 0 Å². The van der Waals surface area contributed by atoms with Crippen LogP contribution in [-0.2, 0) is 0 Å². The molecule has 7 heteroatoms. The largest absolute Gasteiger partial charge is 0.456 e. The quantitative estimate of drug-likeness (QED) is 0.176. The molecular weight excluding hydrogens is 633 g/mol. The lowest BCUT2D eigenvalue weighted by molar-refractivity contribution is 0.619. The zero-order chi connectivity index (χ0) is 33.7. The molecule has 0 atom stereocenters. The average Bonchev–Trinajstić information content (AvgIpc) is 3.95. The van der Waals surface area contributed by atoms with Gasteiger partial charge in [-0.05, 0) is 66.7 Å². The van der Waals surface area contributed by atoms with E-state index in [-0.39, 0.29) is 0 Å². The van der Waals surface area contributed by atoms with Crippen LogP contribution in [-0.4, -0.2) is 19.9 Å². The van der Waals surface area contributed by atoms with Gasteiger partial charge in [0.2, 0.25) is 11.8 Å². The molecule has 0 saturated heterocycles. The summed E-state index contributed by atoms with van der Waals surface area (Å²) in [5.74, 6) is 2.59. The zero-order valence-corrected chi connectivity index (χ0v) is 27.0. The molecule has 0 aliphatic rings. The first-order valence-electron chi connectivity index (χ1n) is 16.6. The number of nitrogens with zero attached hydrogens (tertiary/aromatic N) is 4. The third kappa shape index (κ3) is 5.34. The molecule has 0 N–H and O–H groups in total. The van der Waals surface area contributed by atoms with Crippen molar-refractivity contribution in [2.24, 2.45) is 0 Å². The van der Waals surface area contributed by atoms with Crippen molar-refractivity contribution >= 4 is 33.2 Å². The Labute approximate surface area is 291 Å². The Kier molecular flexibility index (Phi) is 6.67. The fourth-order valence-corrected chi connectivity index (χ4v) is 6.34. The standard InChI is InChI=1S/C44H26N4O3/c1-4-10-38-33(7-1)25-41(49-38)29-17-19-30(20-18-29)42-45-36(27-13-21-31(22-14-27)43-47-34-8-2-5-11-39(34)50-43)26-37(46-42)28-15-23-32(24-16-28)44-48-35-9-3-6-12-40(35)51-44/h1-26H. The van der Waals surface area contributed by atoms with Crippen LogP contribution in [0.1, 0.15) is 0 Å². The summed E-state index contributed by atoms with van der Waals surface area (Å²) >= 11 is 0. The van der Waals surface area contributed by atoms with E-state index in [0.29, 0.717) is 17.6 Å². The number of fused-ring (bicyclic) bond motifs is 3. The number of hydrogen-bond acceptors (Lipinski definition) is 7. The van der Waals surface area contributed by atoms with Gasteiger partial charge in [0.05, 0.1) is 11.4 Å².